The highest BCUT2D eigenvalue weighted by atomic mass is 19.4. The molecule has 0 spiro atoms. The molecule has 226 valence electrons. The van der Waals surface area contributed by atoms with Crippen LogP contribution in [-0.2, 0) is 11.0 Å². The summed E-state index contributed by atoms with van der Waals surface area (Å²) in [6.07, 6.45) is -2.76. The topological polar surface area (TPSA) is 64.7 Å². The van der Waals surface area contributed by atoms with Crippen molar-refractivity contribution >= 4 is 23.2 Å². The van der Waals surface area contributed by atoms with E-state index in [1.807, 2.05) is 54.6 Å². The largest absolute Gasteiger partial charge is 0.416 e. The minimum atomic E-state index is -4.43. The minimum Gasteiger partial charge on any atom is -0.369 e. The van der Waals surface area contributed by atoms with Crippen molar-refractivity contribution in [3.63, 3.8) is 0 Å². The average molecular weight is 599 g/mol. The summed E-state index contributed by atoms with van der Waals surface area (Å²) in [4.78, 5) is 30.7. The normalized spacial score (nSPS) is 14.5. The monoisotopic (exact) mass is 598 g/mol. The Morgan fingerprint density at radius 3 is 2.09 bits per heavy atom. The highest BCUT2D eigenvalue weighted by molar-refractivity contribution is 6.08. The van der Waals surface area contributed by atoms with Crippen molar-refractivity contribution in [2.75, 3.05) is 42.9 Å². The van der Waals surface area contributed by atoms with Crippen molar-refractivity contribution in [1.29, 1.82) is 0 Å². The fourth-order valence-corrected chi connectivity index (χ4v) is 5.40. The summed E-state index contributed by atoms with van der Waals surface area (Å²) >= 11 is 0. The lowest BCUT2D eigenvalue weighted by molar-refractivity contribution is -0.137. The molecular weight excluding hydrogens is 565 g/mol. The first-order valence-corrected chi connectivity index (χ1v) is 14.4. The van der Waals surface area contributed by atoms with E-state index < -0.39 is 11.7 Å². The first-order chi connectivity index (χ1) is 21.2. The van der Waals surface area contributed by atoms with Crippen LogP contribution in [0.5, 0.6) is 0 Å². The Hall–Kier alpha value is -4.89. The van der Waals surface area contributed by atoms with Crippen LogP contribution in [0.2, 0.25) is 0 Å². The molecule has 0 saturated carbocycles. The summed E-state index contributed by atoms with van der Waals surface area (Å²) in [6, 6.07) is 28.5. The van der Waals surface area contributed by atoms with Gasteiger partial charge < -0.3 is 15.5 Å². The van der Waals surface area contributed by atoms with Gasteiger partial charge in [-0.1, -0.05) is 66.7 Å². The van der Waals surface area contributed by atoms with Gasteiger partial charge in [-0.3, -0.25) is 14.5 Å². The van der Waals surface area contributed by atoms with E-state index >= 15 is 0 Å². The van der Waals surface area contributed by atoms with Gasteiger partial charge in [-0.25, -0.2) is 0 Å². The third kappa shape index (κ3) is 7.18. The molecule has 0 bridgehead atoms. The lowest BCUT2D eigenvalue weighted by atomic mass is 9.98. The van der Waals surface area contributed by atoms with Crippen LogP contribution in [0.4, 0.5) is 24.5 Å². The van der Waals surface area contributed by atoms with Crippen molar-refractivity contribution in [2.24, 2.45) is 0 Å². The van der Waals surface area contributed by atoms with Crippen molar-refractivity contribution < 1.29 is 22.8 Å². The summed E-state index contributed by atoms with van der Waals surface area (Å²) < 4.78 is 39.0. The number of nitrogens with zero attached hydrogens (tertiary/aromatic N) is 2. The molecule has 1 atom stereocenters. The van der Waals surface area contributed by atoms with Gasteiger partial charge in [0.15, 0.2) is 0 Å². The summed E-state index contributed by atoms with van der Waals surface area (Å²) in [5.41, 5.74) is 3.23. The molecule has 0 radical (unpaired) electrons. The van der Waals surface area contributed by atoms with Gasteiger partial charge in [-0.2, -0.15) is 13.2 Å². The van der Waals surface area contributed by atoms with Gasteiger partial charge in [0.05, 0.1) is 5.56 Å². The van der Waals surface area contributed by atoms with E-state index in [0.29, 0.717) is 42.0 Å². The van der Waals surface area contributed by atoms with E-state index in [2.05, 4.69) is 27.0 Å². The van der Waals surface area contributed by atoms with Gasteiger partial charge in [-0.05, 0) is 59.2 Å². The molecule has 4 aromatic carbocycles. The maximum atomic E-state index is 13.2. The highest BCUT2D eigenvalue weighted by Gasteiger charge is 2.31. The molecule has 4 aromatic rings. The summed E-state index contributed by atoms with van der Waals surface area (Å²) in [6.45, 7) is 6.94. The number of benzene rings is 4. The number of hydrogen-bond donors (Lipinski definition) is 2. The molecule has 1 heterocycles. The molecule has 44 heavy (non-hydrogen) atoms. The zero-order chi connectivity index (χ0) is 31.1. The first kappa shape index (κ1) is 30.6. The summed E-state index contributed by atoms with van der Waals surface area (Å²) in [7, 11) is 0. The van der Waals surface area contributed by atoms with Crippen molar-refractivity contribution in [2.45, 2.75) is 12.2 Å². The second-order valence-corrected chi connectivity index (χ2v) is 10.5. The van der Waals surface area contributed by atoms with E-state index in [1.165, 1.54) is 12.1 Å². The molecule has 2 amide bonds. The Morgan fingerprint density at radius 1 is 0.818 bits per heavy atom. The van der Waals surface area contributed by atoms with E-state index in [1.54, 1.807) is 30.3 Å². The number of piperazine rings is 1. The first-order valence-electron chi connectivity index (χ1n) is 14.4. The van der Waals surface area contributed by atoms with Gasteiger partial charge in [-0.15, -0.1) is 6.58 Å². The second-order valence-electron chi connectivity index (χ2n) is 10.5. The quantitative estimate of drug-likeness (QED) is 0.208. The number of hydrogen-bond acceptors (Lipinski definition) is 4. The maximum absolute atomic E-state index is 13.2. The number of carbonyl (C=O) groups is 2. The zero-order valence-electron chi connectivity index (χ0n) is 24.1. The molecule has 1 fully saturated rings. The smallest absolute Gasteiger partial charge is 0.369 e. The molecule has 2 N–H and O–H groups in total. The lowest BCUT2D eigenvalue weighted by Gasteiger charge is -2.39. The lowest BCUT2D eigenvalue weighted by Crippen LogP contribution is -2.51. The standard InChI is InChI=1S/C35H33F3N4O2/c1-2-20-39-34(44)32(26-8-4-3-5-9-26)42-23-21-41(22-24-42)29-18-16-28(17-19-29)40-33(43)31-11-7-6-10-30(31)25-12-14-27(15-13-25)35(36,37)38/h2-19,32H,1,20-24H2,(H,39,44)(H,40,43). The molecule has 5 rings (SSSR count). The van der Waals surface area contributed by atoms with Crippen LogP contribution in [0.3, 0.4) is 0 Å². The van der Waals surface area contributed by atoms with Gasteiger partial charge >= 0.3 is 6.18 Å². The van der Waals surface area contributed by atoms with Gasteiger partial charge in [0, 0.05) is 49.7 Å². The Labute approximate surface area is 254 Å². The molecule has 9 heteroatoms. The van der Waals surface area contributed by atoms with Gasteiger partial charge in [0.1, 0.15) is 6.04 Å². The third-order valence-corrected chi connectivity index (χ3v) is 7.65. The number of amides is 2. The van der Waals surface area contributed by atoms with Gasteiger partial charge in [0.25, 0.3) is 5.91 Å². The Balaban J connectivity index is 1.23. The van der Waals surface area contributed by atoms with Crippen LogP contribution in [0, 0.1) is 0 Å². The highest BCUT2D eigenvalue weighted by Crippen LogP contribution is 2.32. The fraction of sp³-hybridized carbons (Fsp3) is 0.200. The van der Waals surface area contributed by atoms with Gasteiger partial charge in [0.2, 0.25) is 5.91 Å². The SMILES string of the molecule is C=CCNC(=O)C(c1ccccc1)N1CCN(c2ccc(NC(=O)c3ccccc3-c3ccc(C(F)(F)F)cc3)cc2)CC1. The molecule has 6 nitrogen and oxygen atoms in total. The molecule has 0 aliphatic carbocycles. The predicted molar refractivity (Wildman–Crippen MR) is 167 cm³/mol. The van der Waals surface area contributed by atoms with E-state index in [0.717, 1.165) is 36.5 Å². The Morgan fingerprint density at radius 2 is 1.45 bits per heavy atom. The number of alkyl halides is 3. The molecule has 1 unspecified atom stereocenters. The number of anilines is 2. The molecule has 1 aliphatic heterocycles. The van der Waals surface area contributed by atoms with Crippen LogP contribution in [0.15, 0.2) is 116 Å². The van der Waals surface area contributed by atoms with Crippen LogP contribution in [-0.4, -0.2) is 49.4 Å². The minimum absolute atomic E-state index is 0.0514. The number of carbonyl (C=O) groups excluding carboxylic acids is 2. The molecular formula is C35H33F3N4O2. The predicted octanol–water partition coefficient (Wildman–Crippen LogP) is 6.79. The average Bonchev–Trinajstić information content (AvgIpc) is 3.05. The van der Waals surface area contributed by atoms with E-state index in [-0.39, 0.29) is 17.9 Å². The maximum Gasteiger partial charge on any atom is 0.416 e. The molecule has 0 aromatic heterocycles. The van der Waals surface area contributed by atoms with Crippen LogP contribution in [0.1, 0.15) is 27.5 Å². The van der Waals surface area contributed by atoms with Crippen LogP contribution < -0.4 is 15.5 Å². The third-order valence-electron chi connectivity index (χ3n) is 7.65. The number of rotatable bonds is 9. The van der Waals surface area contributed by atoms with E-state index in [4.69, 9.17) is 0 Å². The van der Waals surface area contributed by atoms with Crippen molar-refractivity contribution in [1.82, 2.24) is 10.2 Å². The van der Waals surface area contributed by atoms with Crippen molar-refractivity contribution in [3.05, 3.63) is 132 Å². The Bertz CT molecular complexity index is 1580. The zero-order valence-corrected chi connectivity index (χ0v) is 24.1. The summed E-state index contributed by atoms with van der Waals surface area (Å²) in [5, 5.41) is 5.84. The molecule has 1 saturated heterocycles. The van der Waals surface area contributed by atoms with Crippen LogP contribution in [0.25, 0.3) is 11.1 Å². The van der Waals surface area contributed by atoms with Crippen molar-refractivity contribution in [3.8, 4) is 11.1 Å². The number of nitrogens with one attached hydrogen (secondary N) is 2. The fourth-order valence-electron chi connectivity index (χ4n) is 5.40. The van der Waals surface area contributed by atoms with Crippen LogP contribution >= 0.6 is 0 Å². The number of halogens is 3. The van der Waals surface area contributed by atoms with E-state index in [9.17, 15) is 22.8 Å². The molecule has 1 aliphatic rings. The Kier molecular flexibility index (Phi) is 9.45. The summed E-state index contributed by atoms with van der Waals surface area (Å²) in [5.74, 6) is -0.409. The second kappa shape index (κ2) is 13.6.